The molecule has 1 aliphatic heterocycles. The first-order valence-electron chi connectivity index (χ1n) is 12.8. The molecule has 2 aromatic carbocycles. The molecule has 0 saturated heterocycles. The monoisotopic (exact) mass is 432 g/mol. The summed E-state index contributed by atoms with van der Waals surface area (Å²) in [6.07, 6.45) is 11.7. The van der Waals surface area contributed by atoms with Crippen LogP contribution in [0.3, 0.4) is 0 Å². The fourth-order valence-corrected chi connectivity index (χ4v) is 5.31. The van der Waals surface area contributed by atoms with Gasteiger partial charge in [0.25, 0.3) is 0 Å². The fourth-order valence-electron chi connectivity index (χ4n) is 5.31. The van der Waals surface area contributed by atoms with Crippen molar-refractivity contribution in [3.8, 4) is 5.75 Å². The summed E-state index contributed by atoms with van der Waals surface area (Å²) < 4.78 is 5.57. The molecule has 1 aromatic heterocycles. The number of hydrogen-bond acceptors (Lipinski definition) is 2. The predicted molar refractivity (Wildman–Crippen MR) is 136 cm³/mol. The van der Waals surface area contributed by atoms with Gasteiger partial charge < -0.3 is 9.72 Å². The molecule has 1 N–H and O–H groups in total. The summed E-state index contributed by atoms with van der Waals surface area (Å²) in [4.78, 5) is 6.52. The van der Waals surface area contributed by atoms with Crippen LogP contribution in [0.4, 0.5) is 0 Å². The molecule has 3 nitrogen and oxygen atoms in total. The first kappa shape index (κ1) is 22.9. The molecule has 1 unspecified atom stereocenters. The lowest BCUT2D eigenvalue weighted by molar-refractivity contribution is 0.206. The minimum absolute atomic E-state index is 0.270. The Balaban J connectivity index is 1.59. The van der Waals surface area contributed by atoms with Crippen LogP contribution >= 0.6 is 0 Å². The van der Waals surface area contributed by atoms with Crippen molar-refractivity contribution in [2.45, 2.75) is 77.7 Å². The van der Waals surface area contributed by atoms with Gasteiger partial charge in [-0.3, -0.25) is 4.90 Å². The number of nitrogens with one attached hydrogen (secondary N) is 1. The van der Waals surface area contributed by atoms with E-state index in [-0.39, 0.29) is 6.04 Å². The Labute approximate surface area is 194 Å². The number of unbranched alkanes of at least 4 members (excludes halogenated alkanes) is 6. The maximum absolute atomic E-state index is 5.57. The first-order valence-corrected chi connectivity index (χ1v) is 12.8. The van der Waals surface area contributed by atoms with Crippen LogP contribution in [0, 0.1) is 0 Å². The minimum Gasteiger partial charge on any atom is -0.497 e. The zero-order valence-electron chi connectivity index (χ0n) is 20.3. The van der Waals surface area contributed by atoms with Gasteiger partial charge in [-0.15, -0.1) is 0 Å². The van der Waals surface area contributed by atoms with Gasteiger partial charge in [-0.05, 0) is 66.8 Å². The Kier molecular flexibility index (Phi) is 7.91. The van der Waals surface area contributed by atoms with E-state index in [1.807, 2.05) is 6.07 Å². The Morgan fingerprint density at radius 2 is 1.78 bits per heavy atom. The minimum atomic E-state index is 0.270. The highest BCUT2D eigenvalue weighted by atomic mass is 16.5. The number of aromatic nitrogens is 1. The second-order valence-electron chi connectivity index (χ2n) is 9.34. The van der Waals surface area contributed by atoms with Crippen molar-refractivity contribution in [2.24, 2.45) is 0 Å². The number of ether oxygens (including phenoxy) is 1. The number of aryl methyl sites for hydroxylation is 1. The number of hydrogen-bond donors (Lipinski definition) is 1. The molecule has 172 valence electrons. The van der Waals surface area contributed by atoms with Crippen LogP contribution in [0.25, 0.3) is 10.9 Å². The number of fused-ring (bicyclic) bond motifs is 3. The number of methoxy groups -OCH3 is 1. The van der Waals surface area contributed by atoms with E-state index in [1.165, 1.54) is 78.2 Å². The third-order valence-electron chi connectivity index (χ3n) is 7.16. The van der Waals surface area contributed by atoms with Crippen molar-refractivity contribution in [1.82, 2.24) is 9.88 Å². The van der Waals surface area contributed by atoms with E-state index in [1.54, 1.807) is 7.11 Å². The molecule has 0 aliphatic carbocycles. The summed E-state index contributed by atoms with van der Waals surface area (Å²) in [5.74, 6) is 0.940. The van der Waals surface area contributed by atoms with Gasteiger partial charge in [0.1, 0.15) is 5.75 Å². The predicted octanol–water partition coefficient (Wildman–Crippen LogP) is 7.44. The van der Waals surface area contributed by atoms with Crippen LogP contribution in [0.1, 0.15) is 87.2 Å². The smallest absolute Gasteiger partial charge is 0.119 e. The van der Waals surface area contributed by atoms with Gasteiger partial charge in [-0.2, -0.15) is 0 Å². The van der Waals surface area contributed by atoms with Crippen molar-refractivity contribution in [3.05, 3.63) is 64.8 Å². The molecule has 3 aromatic rings. The SMILES string of the molecule is CCCCCCCCCN1CCc2c([nH]c3ccc(CC)cc23)C1c1cccc(OC)c1. The average molecular weight is 433 g/mol. The summed E-state index contributed by atoms with van der Waals surface area (Å²) in [7, 11) is 1.76. The Morgan fingerprint density at radius 1 is 0.969 bits per heavy atom. The van der Waals surface area contributed by atoms with Gasteiger partial charge in [0.2, 0.25) is 0 Å². The van der Waals surface area contributed by atoms with Gasteiger partial charge in [0.15, 0.2) is 0 Å². The molecule has 2 heterocycles. The van der Waals surface area contributed by atoms with Crippen molar-refractivity contribution in [2.75, 3.05) is 20.2 Å². The fraction of sp³-hybridized carbons (Fsp3) is 0.517. The van der Waals surface area contributed by atoms with Crippen LogP contribution in [0.2, 0.25) is 0 Å². The highest BCUT2D eigenvalue weighted by molar-refractivity contribution is 5.86. The van der Waals surface area contributed by atoms with Gasteiger partial charge >= 0.3 is 0 Å². The molecule has 0 spiro atoms. The quantitative estimate of drug-likeness (QED) is 0.319. The van der Waals surface area contributed by atoms with Gasteiger partial charge in [-0.1, -0.05) is 70.6 Å². The Bertz CT molecular complexity index is 1010. The van der Waals surface area contributed by atoms with Crippen molar-refractivity contribution in [1.29, 1.82) is 0 Å². The Hall–Kier alpha value is -2.26. The van der Waals surface area contributed by atoms with E-state index in [0.717, 1.165) is 31.7 Å². The number of H-pyrrole nitrogens is 1. The maximum Gasteiger partial charge on any atom is 0.119 e. The number of aromatic amines is 1. The van der Waals surface area contributed by atoms with Crippen molar-refractivity contribution >= 4 is 10.9 Å². The summed E-state index contributed by atoms with van der Waals surface area (Å²) in [5.41, 5.74) is 6.92. The summed E-state index contributed by atoms with van der Waals surface area (Å²) in [6.45, 7) is 6.80. The van der Waals surface area contributed by atoms with Crippen LogP contribution in [-0.2, 0) is 12.8 Å². The third-order valence-corrected chi connectivity index (χ3v) is 7.16. The van der Waals surface area contributed by atoms with Crippen LogP contribution in [0.15, 0.2) is 42.5 Å². The molecule has 32 heavy (non-hydrogen) atoms. The molecule has 3 heteroatoms. The molecule has 4 rings (SSSR count). The van der Waals surface area contributed by atoms with Gasteiger partial charge in [-0.25, -0.2) is 0 Å². The molecular formula is C29H40N2O. The van der Waals surface area contributed by atoms with Crippen molar-refractivity contribution in [3.63, 3.8) is 0 Å². The van der Waals surface area contributed by atoms with Gasteiger partial charge in [0.05, 0.1) is 13.2 Å². The van der Waals surface area contributed by atoms with E-state index in [0.29, 0.717) is 0 Å². The summed E-state index contributed by atoms with van der Waals surface area (Å²) in [5, 5.41) is 1.42. The lowest BCUT2D eigenvalue weighted by Gasteiger charge is -2.36. The third kappa shape index (κ3) is 5.04. The summed E-state index contributed by atoms with van der Waals surface area (Å²) in [6, 6.07) is 15.9. The normalized spacial score (nSPS) is 16.4. The van der Waals surface area contributed by atoms with E-state index >= 15 is 0 Å². The molecule has 0 fully saturated rings. The molecule has 0 saturated carbocycles. The first-order chi connectivity index (χ1) is 15.7. The van der Waals surface area contributed by atoms with Crippen LogP contribution in [-0.4, -0.2) is 30.1 Å². The second kappa shape index (κ2) is 11.0. The van der Waals surface area contributed by atoms with E-state index in [4.69, 9.17) is 4.74 Å². The molecule has 0 bridgehead atoms. The lowest BCUT2D eigenvalue weighted by atomic mass is 9.91. The highest BCUT2D eigenvalue weighted by Gasteiger charge is 2.31. The molecule has 1 aliphatic rings. The Morgan fingerprint density at radius 3 is 2.56 bits per heavy atom. The molecule has 1 atom stereocenters. The zero-order chi connectivity index (χ0) is 22.3. The van der Waals surface area contributed by atoms with E-state index < -0.39 is 0 Å². The largest absolute Gasteiger partial charge is 0.497 e. The zero-order valence-corrected chi connectivity index (χ0v) is 20.3. The second-order valence-corrected chi connectivity index (χ2v) is 9.34. The maximum atomic E-state index is 5.57. The molecule has 0 amide bonds. The summed E-state index contributed by atoms with van der Waals surface area (Å²) >= 11 is 0. The molecular weight excluding hydrogens is 392 g/mol. The number of benzene rings is 2. The topological polar surface area (TPSA) is 28.3 Å². The van der Waals surface area contributed by atoms with E-state index in [9.17, 15) is 0 Å². The van der Waals surface area contributed by atoms with E-state index in [2.05, 4.69) is 60.1 Å². The lowest BCUT2D eigenvalue weighted by Crippen LogP contribution is -2.36. The van der Waals surface area contributed by atoms with Crippen molar-refractivity contribution < 1.29 is 4.74 Å². The van der Waals surface area contributed by atoms with Crippen LogP contribution in [0.5, 0.6) is 5.75 Å². The number of rotatable bonds is 11. The highest BCUT2D eigenvalue weighted by Crippen LogP contribution is 2.39. The van der Waals surface area contributed by atoms with Gasteiger partial charge in [0, 0.05) is 23.1 Å². The standard InChI is InChI=1S/C29H40N2O/c1-4-6-7-8-9-10-11-18-31-19-17-25-26-20-22(5-2)15-16-27(26)30-28(25)29(31)23-13-12-14-24(21-23)32-3/h12-16,20-21,29-30H,4-11,17-19H2,1-3H3. The van der Waals surface area contributed by atoms with Crippen LogP contribution < -0.4 is 4.74 Å². The average Bonchev–Trinajstić information content (AvgIpc) is 3.20. The molecule has 0 radical (unpaired) electrons. The number of nitrogens with zero attached hydrogens (tertiary/aromatic N) is 1.